The van der Waals surface area contributed by atoms with E-state index in [1.165, 1.54) is 0 Å². The topological polar surface area (TPSA) is 54.5 Å². The lowest BCUT2D eigenvalue weighted by atomic mass is 10.1. The van der Waals surface area contributed by atoms with Gasteiger partial charge in [-0.2, -0.15) is 0 Å². The van der Waals surface area contributed by atoms with E-state index in [2.05, 4.69) is 16.9 Å². The fourth-order valence-corrected chi connectivity index (χ4v) is 2.54. The van der Waals surface area contributed by atoms with Crippen molar-refractivity contribution >= 4 is 17.8 Å². The van der Waals surface area contributed by atoms with Gasteiger partial charge < -0.3 is 15.0 Å². The summed E-state index contributed by atoms with van der Waals surface area (Å²) in [6.45, 7) is 4.39. The van der Waals surface area contributed by atoms with Crippen molar-refractivity contribution in [3.05, 3.63) is 84.7 Å². The Kier molecular flexibility index (Phi) is 6.07. The first-order chi connectivity index (χ1) is 13.5. The Bertz CT molecular complexity index is 966. The van der Waals surface area contributed by atoms with Gasteiger partial charge in [-0.1, -0.05) is 30.8 Å². The summed E-state index contributed by atoms with van der Waals surface area (Å²) in [5.74, 6) is 1.49. The predicted molar refractivity (Wildman–Crippen MR) is 113 cm³/mol. The van der Waals surface area contributed by atoms with Crippen LogP contribution in [0.15, 0.2) is 79.1 Å². The predicted octanol–water partition coefficient (Wildman–Crippen LogP) is 4.76. The summed E-state index contributed by atoms with van der Waals surface area (Å²) in [6, 6.07) is 19.0. The van der Waals surface area contributed by atoms with Crippen molar-refractivity contribution in [3.8, 4) is 16.9 Å². The molecule has 0 aliphatic heterocycles. The van der Waals surface area contributed by atoms with Crippen LogP contribution in [-0.2, 0) is 0 Å². The molecule has 0 amide bonds. The molecule has 0 bridgehead atoms. The van der Waals surface area contributed by atoms with E-state index in [0.717, 1.165) is 40.4 Å². The van der Waals surface area contributed by atoms with Gasteiger partial charge in [-0.05, 0) is 35.9 Å². The van der Waals surface area contributed by atoms with Gasteiger partial charge >= 0.3 is 0 Å². The van der Waals surface area contributed by atoms with Gasteiger partial charge in [0.15, 0.2) is 0 Å². The molecule has 1 heterocycles. The van der Waals surface area contributed by atoms with E-state index in [-0.39, 0.29) is 0 Å². The molecule has 0 unspecified atom stereocenters. The van der Waals surface area contributed by atoms with Crippen LogP contribution in [0, 0.1) is 0 Å². The van der Waals surface area contributed by atoms with Crippen molar-refractivity contribution in [2.45, 2.75) is 0 Å². The monoisotopic (exact) mass is 373 g/mol. The summed E-state index contributed by atoms with van der Waals surface area (Å²) < 4.78 is 5.78. The van der Waals surface area contributed by atoms with Gasteiger partial charge in [-0.3, -0.25) is 4.79 Å². The first-order valence-corrected chi connectivity index (χ1v) is 8.92. The maximum atomic E-state index is 10.9. The standard InChI is InChI=1S/C23H23N3O2/c1-17(26(2)3)16-28-22-9-5-8-21(13-22)25-23-11-10-20(14-24-23)19-7-4-6-18(12-19)15-27/h4-15H,1,16H2,2-3H3,(H,24,25). The molecule has 0 atom stereocenters. The van der Waals surface area contributed by atoms with Gasteiger partial charge in [0.25, 0.3) is 0 Å². The molecule has 2 aromatic carbocycles. The van der Waals surface area contributed by atoms with Gasteiger partial charge in [0.2, 0.25) is 0 Å². The molecule has 142 valence electrons. The highest BCUT2D eigenvalue weighted by Gasteiger charge is 2.03. The lowest BCUT2D eigenvalue weighted by Gasteiger charge is -2.16. The van der Waals surface area contributed by atoms with Crippen LogP contribution in [0.1, 0.15) is 10.4 Å². The van der Waals surface area contributed by atoms with Crippen LogP contribution in [0.2, 0.25) is 0 Å². The highest BCUT2D eigenvalue weighted by atomic mass is 16.5. The van der Waals surface area contributed by atoms with Gasteiger partial charge in [-0.15, -0.1) is 0 Å². The summed E-state index contributed by atoms with van der Waals surface area (Å²) in [6.07, 6.45) is 2.63. The zero-order valence-electron chi connectivity index (χ0n) is 16.1. The lowest BCUT2D eigenvalue weighted by molar-refractivity contribution is 0.112. The molecule has 0 spiro atoms. The van der Waals surface area contributed by atoms with Gasteiger partial charge in [0.1, 0.15) is 24.5 Å². The average molecular weight is 373 g/mol. The molecular weight excluding hydrogens is 350 g/mol. The van der Waals surface area contributed by atoms with Crippen molar-refractivity contribution in [1.82, 2.24) is 9.88 Å². The molecule has 28 heavy (non-hydrogen) atoms. The number of likely N-dealkylation sites (N-methyl/N-ethyl adjacent to an activating group) is 1. The van der Waals surface area contributed by atoms with Gasteiger partial charge in [-0.25, -0.2) is 4.98 Å². The molecule has 0 radical (unpaired) electrons. The van der Waals surface area contributed by atoms with Crippen molar-refractivity contribution in [2.24, 2.45) is 0 Å². The number of carbonyl (C=O) groups excluding carboxylic acids is 1. The molecule has 0 saturated carbocycles. The molecule has 1 N–H and O–H groups in total. The Labute approximate surface area is 165 Å². The first-order valence-electron chi connectivity index (χ1n) is 8.92. The second kappa shape index (κ2) is 8.86. The minimum absolute atomic E-state index is 0.434. The highest BCUT2D eigenvalue weighted by molar-refractivity contribution is 5.78. The number of rotatable bonds is 8. The minimum Gasteiger partial charge on any atom is -0.487 e. The van der Waals surface area contributed by atoms with Crippen LogP contribution in [-0.4, -0.2) is 36.9 Å². The summed E-state index contributed by atoms with van der Waals surface area (Å²) >= 11 is 0. The second-order valence-electron chi connectivity index (χ2n) is 6.58. The van der Waals surface area contributed by atoms with E-state index in [1.54, 1.807) is 12.3 Å². The number of aromatic nitrogens is 1. The van der Waals surface area contributed by atoms with Crippen LogP contribution in [0.4, 0.5) is 11.5 Å². The number of carbonyl (C=O) groups is 1. The number of anilines is 2. The summed E-state index contributed by atoms with van der Waals surface area (Å²) in [4.78, 5) is 17.3. The van der Waals surface area contributed by atoms with Crippen molar-refractivity contribution < 1.29 is 9.53 Å². The lowest BCUT2D eigenvalue weighted by Crippen LogP contribution is -2.16. The summed E-state index contributed by atoms with van der Waals surface area (Å²) in [5.41, 5.74) is 4.34. The highest BCUT2D eigenvalue weighted by Crippen LogP contribution is 2.24. The van der Waals surface area contributed by atoms with Crippen molar-refractivity contribution in [3.63, 3.8) is 0 Å². The largest absolute Gasteiger partial charge is 0.487 e. The number of hydrogen-bond donors (Lipinski definition) is 1. The van der Waals surface area contributed by atoms with E-state index in [4.69, 9.17) is 4.74 Å². The number of nitrogens with zero attached hydrogens (tertiary/aromatic N) is 2. The number of hydrogen-bond acceptors (Lipinski definition) is 5. The molecule has 0 saturated heterocycles. The first kappa shape index (κ1) is 19.2. The van der Waals surface area contributed by atoms with Crippen LogP contribution in [0.25, 0.3) is 11.1 Å². The smallest absolute Gasteiger partial charge is 0.150 e. The van der Waals surface area contributed by atoms with Crippen molar-refractivity contribution in [1.29, 1.82) is 0 Å². The maximum Gasteiger partial charge on any atom is 0.150 e. The SMILES string of the molecule is C=C(COc1cccc(Nc2ccc(-c3cccc(C=O)c3)cn2)c1)N(C)C. The Hall–Kier alpha value is -3.60. The molecule has 1 aromatic heterocycles. The fourth-order valence-electron chi connectivity index (χ4n) is 2.54. The third-order valence-corrected chi connectivity index (χ3v) is 4.26. The minimum atomic E-state index is 0.434. The van der Waals surface area contributed by atoms with Crippen LogP contribution >= 0.6 is 0 Å². The molecule has 3 aromatic rings. The van der Waals surface area contributed by atoms with E-state index < -0.39 is 0 Å². The molecule has 0 aliphatic carbocycles. The Balaban J connectivity index is 1.68. The van der Waals surface area contributed by atoms with E-state index in [1.807, 2.05) is 73.6 Å². The fraction of sp³-hybridized carbons (Fsp3) is 0.130. The normalized spacial score (nSPS) is 10.2. The quantitative estimate of drug-likeness (QED) is 0.577. The number of nitrogens with one attached hydrogen (secondary N) is 1. The van der Waals surface area contributed by atoms with E-state index in [9.17, 15) is 4.79 Å². The third kappa shape index (κ3) is 4.98. The number of aldehydes is 1. The molecule has 5 heteroatoms. The van der Waals surface area contributed by atoms with Crippen molar-refractivity contribution in [2.75, 3.05) is 26.0 Å². The molecule has 0 fully saturated rings. The molecule has 3 rings (SSSR count). The number of benzene rings is 2. The summed E-state index contributed by atoms with van der Waals surface area (Å²) in [5, 5.41) is 3.28. The maximum absolute atomic E-state index is 10.9. The van der Waals surface area contributed by atoms with Crippen LogP contribution in [0.3, 0.4) is 0 Å². The molecular formula is C23H23N3O2. The van der Waals surface area contributed by atoms with E-state index >= 15 is 0 Å². The third-order valence-electron chi connectivity index (χ3n) is 4.26. The van der Waals surface area contributed by atoms with Crippen LogP contribution < -0.4 is 10.1 Å². The number of ether oxygens (including phenoxy) is 1. The zero-order chi connectivity index (χ0) is 19.9. The molecule has 5 nitrogen and oxygen atoms in total. The Morgan fingerprint density at radius 3 is 2.64 bits per heavy atom. The number of pyridine rings is 1. The van der Waals surface area contributed by atoms with Gasteiger partial charge in [0, 0.05) is 48.9 Å². The van der Waals surface area contributed by atoms with Crippen LogP contribution in [0.5, 0.6) is 5.75 Å². The average Bonchev–Trinajstić information content (AvgIpc) is 2.73. The Morgan fingerprint density at radius 1 is 1.11 bits per heavy atom. The van der Waals surface area contributed by atoms with Gasteiger partial charge in [0.05, 0.1) is 0 Å². The zero-order valence-corrected chi connectivity index (χ0v) is 16.1. The Morgan fingerprint density at radius 2 is 1.93 bits per heavy atom. The summed E-state index contributed by atoms with van der Waals surface area (Å²) in [7, 11) is 3.88. The second-order valence-corrected chi connectivity index (χ2v) is 6.58. The van der Waals surface area contributed by atoms with E-state index in [0.29, 0.717) is 12.2 Å². The molecule has 0 aliphatic rings.